The fraction of sp³-hybridized carbons (Fsp3) is 0. The summed E-state index contributed by atoms with van der Waals surface area (Å²) in [5, 5.41) is 0. The molecule has 0 saturated carbocycles. The minimum atomic E-state index is 0. The summed E-state index contributed by atoms with van der Waals surface area (Å²) >= 11 is 0. The molecule has 0 atom stereocenters. The van der Waals surface area contributed by atoms with Crippen molar-refractivity contribution in [2.24, 2.45) is 0 Å². The number of hydrogen-bond acceptors (Lipinski definition) is 0. The molecule has 0 fully saturated rings. The van der Waals surface area contributed by atoms with Crippen LogP contribution in [0.15, 0.2) is 0 Å². The molecule has 0 aliphatic rings. The summed E-state index contributed by atoms with van der Waals surface area (Å²) in [6.45, 7) is 0. The average Bonchev–Trinajstić information content (AvgIpc) is 0. The fourth-order valence-corrected chi connectivity index (χ4v) is 0. The summed E-state index contributed by atoms with van der Waals surface area (Å²) in [5.41, 5.74) is 0. The van der Waals surface area contributed by atoms with E-state index in [1.165, 1.54) is 0 Å². The van der Waals surface area contributed by atoms with Gasteiger partial charge in [0.2, 0.25) is 0 Å². The van der Waals surface area contributed by atoms with Gasteiger partial charge in [-0.3, -0.25) is 0 Å². The molecule has 0 heterocycles. The Morgan fingerprint density at radius 3 is 1.20 bits per heavy atom. The van der Waals surface area contributed by atoms with Crippen LogP contribution in [0.1, 0.15) is 1.43 Å². The summed E-state index contributed by atoms with van der Waals surface area (Å²) in [6.07, 6.45) is 0. The number of rotatable bonds is 0. The van der Waals surface area contributed by atoms with E-state index in [2.05, 4.69) is 0 Å². The topological polar surface area (TPSA) is 31.5 Å². The van der Waals surface area contributed by atoms with Crippen molar-refractivity contribution in [3.8, 4) is 0 Å². The molecule has 0 rings (SSSR count). The summed E-state index contributed by atoms with van der Waals surface area (Å²) in [5.74, 6) is 0. The van der Waals surface area contributed by atoms with Crippen molar-refractivity contribution < 1.29 is 59.3 Å². The van der Waals surface area contributed by atoms with Crippen LogP contribution in [0, 0.1) is 0 Å². The van der Waals surface area contributed by atoms with E-state index in [-0.39, 0.29) is 72.8 Å². The minimum absolute atomic E-state index is 0. The Labute approximate surface area is 72.5 Å². The Morgan fingerprint density at radius 2 is 1.20 bits per heavy atom. The molecular formula is H5LiMnNiOS. The summed E-state index contributed by atoms with van der Waals surface area (Å²) in [4.78, 5) is 0. The standard InChI is InChI=1S/Li.Mn.Ni.H2O.H2S.H/h;;;2*1H2;/q+1;;;;;-1. The predicted octanol–water partition coefficient (Wildman–Crippen LogP) is -3.60. The minimum Gasteiger partial charge on any atom is -1.00 e. The van der Waals surface area contributed by atoms with E-state index < -0.39 is 0 Å². The van der Waals surface area contributed by atoms with Crippen molar-refractivity contribution in [3.63, 3.8) is 0 Å². The van der Waals surface area contributed by atoms with Gasteiger partial charge in [0.15, 0.2) is 0 Å². The van der Waals surface area contributed by atoms with Crippen LogP contribution < -0.4 is 18.9 Å². The molecule has 5 heavy (non-hydrogen) atoms. The first-order chi connectivity index (χ1) is 0. The van der Waals surface area contributed by atoms with Gasteiger partial charge < -0.3 is 6.90 Å². The largest absolute Gasteiger partial charge is 1.00 e. The van der Waals surface area contributed by atoms with Crippen LogP contribution in [-0.2, 0) is 33.6 Å². The van der Waals surface area contributed by atoms with Gasteiger partial charge >= 0.3 is 18.9 Å². The normalized spacial score (nSPS) is 0. The van der Waals surface area contributed by atoms with Crippen LogP contribution in [0.2, 0.25) is 0 Å². The van der Waals surface area contributed by atoms with Crippen LogP contribution >= 0.6 is 13.5 Å². The Kier molecular flexibility index (Phi) is 511. The molecule has 0 aromatic rings. The molecule has 0 aliphatic heterocycles. The third-order valence-corrected chi connectivity index (χ3v) is 0. The molecule has 1 radical (unpaired) electrons. The molecular weight excluding hydrogens is 169 g/mol. The first kappa shape index (κ1) is 65.8. The smallest absolute Gasteiger partial charge is 1.00 e. The van der Waals surface area contributed by atoms with Crippen LogP contribution in [0.3, 0.4) is 0 Å². The van der Waals surface area contributed by atoms with Crippen LogP contribution in [0.5, 0.6) is 0 Å². The quantitative estimate of drug-likeness (QED) is 0.339. The van der Waals surface area contributed by atoms with Gasteiger partial charge in [0, 0.05) is 33.6 Å². The van der Waals surface area contributed by atoms with Crippen LogP contribution in [0.4, 0.5) is 0 Å². The van der Waals surface area contributed by atoms with Crippen LogP contribution in [0.25, 0.3) is 0 Å². The van der Waals surface area contributed by atoms with Gasteiger partial charge in [-0.2, -0.15) is 13.5 Å². The molecule has 5 heteroatoms. The SMILES string of the molecule is O.S.[H-].[Li+].[Mn].[Ni]. The zero-order chi connectivity index (χ0) is 0. The summed E-state index contributed by atoms with van der Waals surface area (Å²) < 4.78 is 0. The Bertz CT molecular complexity index is 15.5. The van der Waals surface area contributed by atoms with Crippen molar-refractivity contribution in [3.05, 3.63) is 0 Å². The van der Waals surface area contributed by atoms with E-state index in [0.717, 1.165) is 0 Å². The molecule has 0 aromatic heterocycles. The molecule has 0 aliphatic carbocycles. The van der Waals surface area contributed by atoms with E-state index in [4.69, 9.17) is 0 Å². The fourth-order valence-electron chi connectivity index (χ4n) is 0. The molecule has 2 N–H and O–H groups in total. The number of hydrogen-bond donors (Lipinski definition) is 0. The molecule has 0 unspecified atom stereocenters. The van der Waals surface area contributed by atoms with Gasteiger partial charge in [0.25, 0.3) is 0 Å². The molecule has 0 bridgehead atoms. The molecule has 1 nitrogen and oxygen atoms in total. The monoisotopic (exact) mass is 173 g/mol. The van der Waals surface area contributed by atoms with Crippen molar-refractivity contribution in [1.29, 1.82) is 0 Å². The Balaban J connectivity index is 0. The van der Waals surface area contributed by atoms with Gasteiger partial charge in [0.1, 0.15) is 0 Å². The van der Waals surface area contributed by atoms with Gasteiger partial charge in [-0.05, 0) is 0 Å². The molecule has 0 aromatic carbocycles. The van der Waals surface area contributed by atoms with Crippen molar-refractivity contribution in [1.82, 2.24) is 0 Å². The zero-order valence-electron chi connectivity index (χ0n) is 3.69. The van der Waals surface area contributed by atoms with Gasteiger partial charge in [-0.25, -0.2) is 0 Å². The molecule has 0 saturated heterocycles. The molecule has 0 amide bonds. The van der Waals surface area contributed by atoms with Gasteiger partial charge in [0.05, 0.1) is 0 Å². The molecule has 35 valence electrons. The third kappa shape index (κ3) is 24.7. The second kappa shape index (κ2) is 38.9. The second-order valence-electron chi connectivity index (χ2n) is 0. The van der Waals surface area contributed by atoms with Crippen molar-refractivity contribution >= 4 is 13.5 Å². The Morgan fingerprint density at radius 1 is 1.20 bits per heavy atom. The predicted molar refractivity (Wildman–Crippen MR) is 15.1 cm³/mol. The van der Waals surface area contributed by atoms with E-state index in [0.29, 0.717) is 0 Å². The van der Waals surface area contributed by atoms with Crippen molar-refractivity contribution in [2.45, 2.75) is 0 Å². The second-order valence-corrected chi connectivity index (χ2v) is 0. The van der Waals surface area contributed by atoms with Crippen molar-refractivity contribution in [2.75, 3.05) is 0 Å². The van der Waals surface area contributed by atoms with E-state index >= 15 is 0 Å². The maximum absolute atomic E-state index is 0. The summed E-state index contributed by atoms with van der Waals surface area (Å²) in [6, 6.07) is 0. The van der Waals surface area contributed by atoms with Gasteiger partial charge in [-0.1, -0.05) is 0 Å². The first-order valence-electron chi connectivity index (χ1n) is 0. The van der Waals surface area contributed by atoms with E-state index in [1.807, 2.05) is 0 Å². The Hall–Kier alpha value is 1.92. The average molecular weight is 174 g/mol. The van der Waals surface area contributed by atoms with Gasteiger partial charge in [-0.15, -0.1) is 0 Å². The maximum Gasteiger partial charge on any atom is 1.00 e. The van der Waals surface area contributed by atoms with E-state index in [1.54, 1.807) is 0 Å². The zero-order valence-corrected chi connectivity index (χ0v) is 5.86. The third-order valence-electron chi connectivity index (χ3n) is 0. The first-order valence-corrected chi connectivity index (χ1v) is 0. The van der Waals surface area contributed by atoms with E-state index in [9.17, 15) is 0 Å². The molecule has 0 spiro atoms. The summed E-state index contributed by atoms with van der Waals surface area (Å²) in [7, 11) is 0. The van der Waals surface area contributed by atoms with Crippen LogP contribution in [-0.4, -0.2) is 5.48 Å². The maximum atomic E-state index is 0.